The summed E-state index contributed by atoms with van der Waals surface area (Å²) >= 11 is 1.29. The minimum atomic E-state index is -4.46. The maximum atomic E-state index is 12.8. The molecule has 1 saturated carbocycles. The highest BCUT2D eigenvalue weighted by Crippen LogP contribution is 2.31. The molecule has 8 heteroatoms. The van der Waals surface area contributed by atoms with Crippen molar-refractivity contribution in [1.82, 2.24) is 0 Å². The number of hydrogen-bond acceptors (Lipinski definition) is 3. The van der Waals surface area contributed by atoms with E-state index < -0.39 is 17.0 Å². The first-order chi connectivity index (χ1) is 14.7. The first kappa shape index (κ1) is 23.2. The van der Waals surface area contributed by atoms with Crippen LogP contribution in [0, 0.1) is 5.92 Å². The Balaban J connectivity index is 1.53. The van der Waals surface area contributed by atoms with Gasteiger partial charge in [-0.05, 0) is 62.2 Å². The van der Waals surface area contributed by atoms with Crippen LogP contribution in [0.15, 0.2) is 53.4 Å². The lowest BCUT2D eigenvalue weighted by Crippen LogP contribution is -2.24. The highest BCUT2D eigenvalue weighted by Gasteiger charge is 2.30. The molecule has 0 aliphatic heterocycles. The zero-order valence-electron chi connectivity index (χ0n) is 17.2. The molecule has 2 aromatic carbocycles. The molecule has 0 radical (unpaired) electrons. The maximum absolute atomic E-state index is 12.8. The van der Waals surface area contributed by atoms with Gasteiger partial charge in [0.25, 0.3) is 0 Å². The van der Waals surface area contributed by atoms with Gasteiger partial charge in [-0.3, -0.25) is 9.59 Å². The summed E-state index contributed by atoms with van der Waals surface area (Å²) in [6, 6.07) is 11.8. The summed E-state index contributed by atoms with van der Waals surface area (Å²) in [4.78, 5) is 25.6. The number of alkyl halides is 3. The van der Waals surface area contributed by atoms with Crippen LogP contribution in [0.1, 0.15) is 44.6 Å². The van der Waals surface area contributed by atoms with Gasteiger partial charge in [0.2, 0.25) is 11.8 Å². The second kappa shape index (κ2) is 10.2. The first-order valence-electron chi connectivity index (χ1n) is 10.3. The topological polar surface area (TPSA) is 58.2 Å². The average Bonchev–Trinajstić information content (AvgIpc) is 2.75. The van der Waals surface area contributed by atoms with Gasteiger partial charge in [0.15, 0.2) is 0 Å². The molecule has 4 nitrogen and oxygen atoms in total. The Morgan fingerprint density at radius 3 is 2.29 bits per heavy atom. The van der Waals surface area contributed by atoms with E-state index in [4.69, 9.17) is 0 Å². The monoisotopic (exact) mass is 450 g/mol. The maximum Gasteiger partial charge on any atom is 0.416 e. The van der Waals surface area contributed by atoms with Crippen LogP contribution in [0.4, 0.5) is 24.5 Å². The molecule has 166 valence electrons. The second-order valence-electron chi connectivity index (χ2n) is 7.68. The van der Waals surface area contributed by atoms with Crippen LogP contribution in [-0.2, 0) is 15.8 Å². The molecule has 2 amide bonds. The third kappa shape index (κ3) is 6.75. The van der Waals surface area contributed by atoms with Crippen molar-refractivity contribution in [3.8, 4) is 0 Å². The SMILES string of the molecule is CC(Sc1ccc(NC(=O)C2CCCCC2)cc1)C(=O)Nc1cccc(C(F)(F)F)c1. The number of carbonyl (C=O) groups is 2. The second-order valence-corrected chi connectivity index (χ2v) is 9.09. The van der Waals surface area contributed by atoms with Gasteiger partial charge in [-0.25, -0.2) is 0 Å². The van der Waals surface area contributed by atoms with Crippen LogP contribution in [0.3, 0.4) is 0 Å². The highest BCUT2D eigenvalue weighted by molar-refractivity contribution is 8.00. The summed E-state index contributed by atoms with van der Waals surface area (Å²) in [5.41, 5.74) is 0.00510. The molecule has 31 heavy (non-hydrogen) atoms. The fourth-order valence-electron chi connectivity index (χ4n) is 3.50. The number of anilines is 2. The Labute approximate surface area is 184 Å². The minimum absolute atomic E-state index is 0.0499. The van der Waals surface area contributed by atoms with Crippen molar-refractivity contribution in [3.63, 3.8) is 0 Å². The number of benzene rings is 2. The average molecular weight is 451 g/mol. The van der Waals surface area contributed by atoms with E-state index in [1.807, 2.05) is 12.1 Å². The first-order valence-corrected chi connectivity index (χ1v) is 11.2. The van der Waals surface area contributed by atoms with Gasteiger partial charge in [0, 0.05) is 22.2 Å². The van der Waals surface area contributed by atoms with Gasteiger partial charge in [0.05, 0.1) is 10.8 Å². The normalized spacial score (nSPS) is 15.9. The standard InChI is InChI=1S/C23H25F3N2O2S/c1-15(21(29)28-19-9-5-8-17(14-19)23(24,25)26)31-20-12-10-18(11-13-20)27-22(30)16-6-3-2-4-7-16/h5,8-16H,2-4,6-7H2,1H3,(H,27,30)(H,28,29). The van der Waals surface area contributed by atoms with Gasteiger partial charge in [-0.15, -0.1) is 11.8 Å². The van der Waals surface area contributed by atoms with Gasteiger partial charge in [0.1, 0.15) is 0 Å². The zero-order chi connectivity index (χ0) is 22.4. The zero-order valence-corrected chi connectivity index (χ0v) is 18.0. The van der Waals surface area contributed by atoms with E-state index in [9.17, 15) is 22.8 Å². The van der Waals surface area contributed by atoms with Crippen LogP contribution >= 0.6 is 11.8 Å². The summed E-state index contributed by atoms with van der Waals surface area (Å²) in [5.74, 6) is -0.268. The van der Waals surface area contributed by atoms with Gasteiger partial charge in [-0.2, -0.15) is 13.2 Å². The number of carbonyl (C=O) groups excluding carboxylic acids is 2. The molecule has 1 aliphatic rings. The number of thioether (sulfide) groups is 1. The Kier molecular flexibility index (Phi) is 7.64. The molecule has 0 saturated heterocycles. The predicted octanol–water partition coefficient (Wildman–Crippen LogP) is 6.34. The molecule has 2 N–H and O–H groups in total. The number of hydrogen-bond donors (Lipinski definition) is 2. The molecule has 1 atom stereocenters. The summed E-state index contributed by atoms with van der Waals surface area (Å²) in [5, 5.41) is 4.96. The van der Waals surface area contributed by atoms with E-state index >= 15 is 0 Å². The molecule has 2 aromatic rings. The molecule has 0 aromatic heterocycles. The van der Waals surface area contributed by atoms with Crippen molar-refractivity contribution in [2.24, 2.45) is 5.92 Å². The van der Waals surface area contributed by atoms with Crippen LogP contribution < -0.4 is 10.6 Å². The highest BCUT2D eigenvalue weighted by atomic mass is 32.2. The third-order valence-electron chi connectivity index (χ3n) is 5.24. The number of nitrogens with one attached hydrogen (secondary N) is 2. The molecule has 1 aliphatic carbocycles. The molecule has 0 bridgehead atoms. The number of amides is 2. The Morgan fingerprint density at radius 2 is 1.65 bits per heavy atom. The van der Waals surface area contributed by atoms with Crippen LogP contribution in [0.2, 0.25) is 0 Å². The van der Waals surface area contributed by atoms with Gasteiger partial charge < -0.3 is 10.6 Å². The Bertz CT molecular complexity index is 910. The summed E-state index contributed by atoms with van der Waals surface area (Å²) in [6.45, 7) is 1.69. The quantitative estimate of drug-likeness (QED) is 0.505. The summed E-state index contributed by atoms with van der Waals surface area (Å²) in [7, 11) is 0. The summed E-state index contributed by atoms with van der Waals surface area (Å²) < 4.78 is 38.5. The molecular formula is C23H25F3N2O2S. The largest absolute Gasteiger partial charge is 0.416 e. The third-order valence-corrected chi connectivity index (χ3v) is 6.35. The van der Waals surface area contributed by atoms with Crippen molar-refractivity contribution in [3.05, 3.63) is 54.1 Å². The van der Waals surface area contributed by atoms with E-state index in [2.05, 4.69) is 10.6 Å². The van der Waals surface area contributed by atoms with E-state index in [-0.39, 0.29) is 23.4 Å². The molecule has 1 fully saturated rings. The fraction of sp³-hybridized carbons (Fsp3) is 0.391. The van der Waals surface area contributed by atoms with E-state index in [0.29, 0.717) is 5.69 Å². The Hall–Kier alpha value is -2.48. The fourth-order valence-corrected chi connectivity index (χ4v) is 4.37. The van der Waals surface area contributed by atoms with E-state index in [1.54, 1.807) is 19.1 Å². The van der Waals surface area contributed by atoms with Crippen molar-refractivity contribution >= 4 is 35.0 Å². The van der Waals surface area contributed by atoms with Crippen LogP contribution in [0.5, 0.6) is 0 Å². The van der Waals surface area contributed by atoms with Crippen LogP contribution in [-0.4, -0.2) is 17.1 Å². The number of halogens is 3. The van der Waals surface area contributed by atoms with Crippen LogP contribution in [0.25, 0.3) is 0 Å². The lowest BCUT2D eigenvalue weighted by molar-refractivity contribution is -0.137. The molecule has 3 rings (SSSR count). The molecular weight excluding hydrogens is 425 g/mol. The van der Waals surface area contributed by atoms with Crippen molar-refractivity contribution in [2.45, 2.75) is 55.3 Å². The molecule has 0 heterocycles. The minimum Gasteiger partial charge on any atom is -0.326 e. The lowest BCUT2D eigenvalue weighted by atomic mass is 9.88. The molecule has 1 unspecified atom stereocenters. The number of rotatable bonds is 6. The van der Waals surface area contributed by atoms with E-state index in [1.165, 1.54) is 30.3 Å². The lowest BCUT2D eigenvalue weighted by Gasteiger charge is -2.20. The smallest absolute Gasteiger partial charge is 0.326 e. The van der Waals surface area contributed by atoms with E-state index in [0.717, 1.165) is 42.7 Å². The Morgan fingerprint density at radius 1 is 0.968 bits per heavy atom. The van der Waals surface area contributed by atoms with Gasteiger partial charge >= 0.3 is 6.18 Å². The van der Waals surface area contributed by atoms with Gasteiger partial charge in [-0.1, -0.05) is 25.3 Å². The summed E-state index contributed by atoms with van der Waals surface area (Å²) in [6.07, 6.45) is 0.767. The van der Waals surface area contributed by atoms with Crippen molar-refractivity contribution in [1.29, 1.82) is 0 Å². The molecule has 0 spiro atoms. The predicted molar refractivity (Wildman–Crippen MR) is 117 cm³/mol. The van der Waals surface area contributed by atoms with Crippen molar-refractivity contribution < 1.29 is 22.8 Å². The van der Waals surface area contributed by atoms with Crippen molar-refractivity contribution in [2.75, 3.05) is 10.6 Å².